The lowest BCUT2D eigenvalue weighted by atomic mass is 10.3. The summed E-state index contributed by atoms with van der Waals surface area (Å²) in [5.41, 5.74) is 2.05. The van der Waals surface area contributed by atoms with Crippen molar-refractivity contribution in [1.29, 1.82) is 0 Å². The number of hydrogen-bond donors (Lipinski definition) is 1. The molecule has 0 unspecified atom stereocenters. The number of carboxylic acid groups (broad SMARTS) is 1. The fourth-order valence-electron chi connectivity index (χ4n) is 1.95. The van der Waals surface area contributed by atoms with Crippen LogP contribution >= 0.6 is 0 Å². The largest absolute Gasteiger partial charge is 0.480 e. The van der Waals surface area contributed by atoms with E-state index in [9.17, 15) is 4.79 Å². The van der Waals surface area contributed by atoms with Gasteiger partial charge in [-0.3, -0.25) is 14.4 Å². The number of aliphatic carboxylic acids is 1. The molecule has 88 valence electrons. The molecule has 0 bridgehead atoms. The van der Waals surface area contributed by atoms with Crippen LogP contribution < -0.4 is 0 Å². The SMILES string of the molecule is Cc1cc(CN(CC(=O)O)C2CC2)n(C)n1. The summed E-state index contributed by atoms with van der Waals surface area (Å²) in [6, 6.07) is 2.46. The van der Waals surface area contributed by atoms with Crippen molar-refractivity contribution >= 4 is 5.97 Å². The Morgan fingerprint density at radius 1 is 1.69 bits per heavy atom. The van der Waals surface area contributed by atoms with E-state index in [1.165, 1.54) is 0 Å². The maximum atomic E-state index is 10.8. The number of hydrogen-bond acceptors (Lipinski definition) is 3. The van der Waals surface area contributed by atoms with Crippen LogP contribution in [0.3, 0.4) is 0 Å². The van der Waals surface area contributed by atoms with Crippen LogP contribution in [0.25, 0.3) is 0 Å². The van der Waals surface area contributed by atoms with E-state index in [4.69, 9.17) is 5.11 Å². The van der Waals surface area contributed by atoms with Crippen LogP contribution in [-0.4, -0.2) is 38.3 Å². The summed E-state index contributed by atoms with van der Waals surface area (Å²) >= 11 is 0. The first-order chi connectivity index (χ1) is 7.56. The van der Waals surface area contributed by atoms with Crippen LogP contribution in [0.15, 0.2) is 6.07 Å². The Balaban J connectivity index is 2.04. The third-order valence-electron chi connectivity index (χ3n) is 2.87. The molecule has 5 heteroatoms. The van der Waals surface area contributed by atoms with Gasteiger partial charge in [-0.1, -0.05) is 0 Å². The number of aromatic nitrogens is 2. The van der Waals surface area contributed by atoms with Crippen molar-refractivity contribution in [3.63, 3.8) is 0 Å². The van der Waals surface area contributed by atoms with Gasteiger partial charge in [-0.05, 0) is 25.8 Å². The second kappa shape index (κ2) is 4.25. The quantitative estimate of drug-likeness (QED) is 0.801. The van der Waals surface area contributed by atoms with E-state index < -0.39 is 5.97 Å². The molecule has 5 nitrogen and oxygen atoms in total. The Morgan fingerprint density at radius 2 is 2.38 bits per heavy atom. The minimum absolute atomic E-state index is 0.120. The second-order valence-corrected chi connectivity index (χ2v) is 4.43. The van der Waals surface area contributed by atoms with Crippen molar-refractivity contribution < 1.29 is 9.90 Å². The van der Waals surface area contributed by atoms with E-state index in [2.05, 4.69) is 5.10 Å². The smallest absolute Gasteiger partial charge is 0.317 e. The first-order valence-corrected chi connectivity index (χ1v) is 5.51. The fraction of sp³-hybridized carbons (Fsp3) is 0.636. The molecule has 16 heavy (non-hydrogen) atoms. The van der Waals surface area contributed by atoms with Crippen molar-refractivity contribution in [3.05, 3.63) is 17.5 Å². The summed E-state index contributed by atoms with van der Waals surface area (Å²) in [6.45, 7) is 2.74. The third-order valence-corrected chi connectivity index (χ3v) is 2.87. The summed E-state index contributed by atoms with van der Waals surface area (Å²) in [4.78, 5) is 12.8. The number of carboxylic acids is 1. The molecule has 1 fully saturated rings. The van der Waals surface area contributed by atoms with Gasteiger partial charge < -0.3 is 5.11 Å². The van der Waals surface area contributed by atoms with Crippen LogP contribution in [0.5, 0.6) is 0 Å². The predicted molar refractivity (Wildman–Crippen MR) is 59.0 cm³/mol. The topological polar surface area (TPSA) is 58.4 Å². The molecule has 0 aromatic carbocycles. The van der Waals surface area contributed by atoms with Crippen LogP contribution in [0, 0.1) is 6.92 Å². The van der Waals surface area contributed by atoms with E-state index in [1.54, 1.807) is 0 Å². The van der Waals surface area contributed by atoms with Gasteiger partial charge in [0.1, 0.15) is 0 Å². The summed E-state index contributed by atoms with van der Waals surface area (Å²) in [7, 11) is 1.90. The minimum atomic E-state index is -0.759. The number of rotatable bonds is 5. The Labute approximate surface area is 94.7 Å². The zero-order valence-electron chi connectivity index (χ0n) is 9.68. The average molecular weight is 223 g/mol. The zero-order chi connectivity index (χ0) is 11.7. The normalized spacial score (nSPS) is 15.7. The molecule has 2 rings (SSSR count). The highest BCUT2D eigenvalue weighted by Crippen LogP contribution is 2.27. The van der Waals surface area contributed by atoms with Crippen molar-refractivity contribution in [2.75, 3.05) is 6.54 Å². The second-order valence-electron chi connectivity index (χ2n) is 4.43. The van der Waals surface area contributed by atoms with Gasteiger partial charge in [-0.2, -0.15) is 5.10 Å². The molecule has 1 N–H and O–H groups in total. The van der Waals surface area contributed by atoms with Gasteiger partial charge in [0.05, 0.1) is 17.9 Å². The molecule has 1 saturated carbocycles. The fourth-order valence-corrected chi connectivity index (χ4v) is 1.95. The minimum Gasteiger partial charge on any atom is -0.480 e. The summed E-state index contributed by atoms with van der Waals surface area (Å²) in [5.74, 6) is -0.759. The molecule has 1 aliphatic rings. The van der Waals surface area contributed by atoms with Crippen LogP contribution in [0.1, 0.15) is 24.2 Å². The molecule has 0 aliphatic heterocycles. The first-order valence-electron chi connectivity index (χ1n) is 5.51. The molecule has 1 aliphatic carbocycles. The molecule has 0 atom stereocenters. The molecule has 0 spiro atoms. The zero-order valence-corrected chi connectivity index (χ0v) is 9.68. The van der Waals surface area contributed by atoms with Gasteiger partial charge in [0.25, 0.3) is 0 Å². The number of nitrogens with zero attached hydrogens (tertiary/aromatic N) is 3. The summed E-state index contributed by atoms with van der Waals surface area (Å²) < 4.78 is 1.83. The molecule has 0 saturated heterocycles. The molecular formula is C11H17N3O2. The van der Waals surface area contributed by atoms with Crippen molar-refractivity contribution in [1.82, 2.24) is 14.7 Å². The van der Waals surface area contributed by atoms with Crippen LogP contribution in [0.2, 0.25) is 0 Å². The lowest BCUT2D eigenvalue weighted by Crippen LogP contribution is -2.32. The highest BCUT2D eigenvalue weighted by atomic mass is 16.4. The molecule has 1 aromatic rings. The van der Waals surface area contributed by atoms with Gasteiger partial charge in [0.15, 0.2) is 0 Å². The summed E-state index contributed by atoms with van der Waals surface area (Å²) in [6.07, 6.45) is 2.23. The van der Waals surface area contributed by atoms with E-state index >= 15 is 0 Å². The van der Waals surface area contributed by atoms with E-state index in [0.717, 1.165) is 24.2 Å². The highest BCUT2D eigenvalue weighted by Gasteiger charge is 2.30. The van der Waals surface area contributed by atoms with Gasteiger partial charge >= 0.3 is 5.97 Å². The molecule has 0 amide bonds. The first kappa shape index (κ1) is 11.1. The van der Waals surface area contributed by atoms with Gasteiger partial charge in [-0.25, -0.2) is 0 Å². The van der Waals surface area contributed by atoms with Crippen molar-refractivity contribution in [3.8, 4) is 0 Å². The Kier molecular flexibility index (Phi) is 2.96. The maximum absolute atomic E-state index is 10.8. The van der Waals surface area contributed by atoms with Gasteiger partial charge in [0, 0.05) is 19.6 Å². The monoisotopic (exact) mass is 223 g/mol. The maximum Gasteiger partial charge on any atom is 0.317 e. The van der Waals surface area contributed by atoms with Gasteiger partial charge in [0.2, 0.25) is 0 Å². The highest BCUT2D eigenvalue weighted by molar-refractivity contribution is 5.69. The van der Waals surface area contributed by atoms with E-state index in [1.807, 2.05) is 29.6 Å². The Bertz CT molecular complexity index is 396. The van der Waals surface area contributed by atoms with Crippen molar-refractivity contribution in [2.45, 2.75) is 32.4 Å². The molecule has 0 radical (unpaired) electrons. The summed E-state index contributed by atoms with van der Waals surface area (Å²) in [5, 5.41) is 13.1. The predicted octanol–water partition coefficient (Wildman–Crippen LogP) is 0.778. The standard InChI is InChI=1S/C11H17N3O2/c1-8-5-10(13(2)12-8)6-14(7-11(15)16)9-3-4-9/h5,9H,3-4,6-7H2,1-2H3,(H,15,16). The lowest BCUT2D eigenvalue weighted by molar-refractivity contribution is -0.138. The van der Waals surface area contributed by atoms with Crippen molar-refractivity contribution in [2.24, 2.45) is 7.05 Å². The average Bonchev–Trinajstić information content (AvgIpc) is 2.93. The lowest BCUT2D eigenvalue weighted by Gasteiger charge is -2.19. The number of aryl methyl sites for hydroxylation is 2. The van der Waals surface area contributed by atoms with Crippen LogP contribution in [0.4, 0.5) is 0 Å². The Hall–Kier alpha value is -1.36. The third kappa shape index (κ3) is 2.61. The number of carbonyl (C=O) groups is 1. The Morgan fingerprint density at radius 3 is 2.81 bits per heavy atom. The molecular weight excluding hydrogens is 206 g/mol. The van der Waals surface area contributed by atoms with Crippen LogP contribution in [-0.2, 0) is 18.4 Å². The van der Waals surface area contributed by atoms with E-state index in [-0.39, 0.29) is 6.54 Å². The van der Waals surface area contributed by atoms with Gasteiger partial charge in [-0.15, -0.1) is 0 Å². The molecule has 1 aromatic heterocycles. The van der Waals surface area contributed by atoms with E-state index in [0.29, 0.717) is 12.6 Å². The molecule has 1 heterocycles.